The predicted octanol–water partition coefficient (Wildman–Crippen LogP) is 3.81. The summed E-state index contributed by atoms with van der Waals surface area (Å²) in [6.07, 6.45) is 8.16. The number of hydrogen-bond acceptors (Lipinski definition) is 3. The summed E-state index contributed by atoms with van der Waals surface area (Å²) in [5.41, 5.74) is 3.38. The molecule has 30 heavy (non-hydrogen) atoms. The topological polar surface area (TPSA) is 66.5 Å². The van der Waals surface area contributed by atoms with Crippen LogP contribution in [0.4, 0.5) is 0 Å². The minimum Gasteiger partial charge on any atom is -0.354 e. The Balaban J connectivity index is 1.55. The predicted molar refractivity (Wildman–Crippen MR) is 117 cm³/mol. The van der Waals surface area contributed by atoms with Crippen LogP contribution in [-0.2, 0) is 27.8 Å². The third-order valence-electron chi connectivity index (χ3n) is 5.99. The maximum absolute atomic E-state index is 13.4. The molecule has 0 fully saturated rings. The SMILES string of the molecule is O=C(NCCC1=CCCCC1)C1Cc2ccccc2CN1S(=O)(=O)c1ccccc1. The molecule has 0 saturated carbocycles. The number of sulfonamides is 1. The number of carbonyl (C=O) groups is 1. The molecule has 1 heterocycles. The second-order valence-electron chi connectivity index (χ2n) is 8.00. The molecule has 1 N–H and O–H groups in total. The Morgan fingerprint density at radius 1 is 1.00 bits per heavy atom. The summed E-state index contributed by atoms with van der Waals surface area (Å²) >= 11 is 0. The van der Waals surface area contributed by atoms with E-state index in [9.17, 15) is 13.2 Å². The van der Waals surface area contributed by atoms with Crippen molar-refractivity contribution in [2.75, 3.05) is 6.54 Å². The van der Waals surface area contributed by atoms with E-state index >= 15 is 0 Å². The Bertz CT molecular complexity index is 1030. The van der Waals surface area contributed by atoms with Gasteiger partial charge in [-0.3, -0.25) is 4.79 Å². The van der Waals surface area contributed by atoms with Crippen LogP contribution in [0, 0.1) is 0 Å². The molecular formula is C24H28N2O3S. The van der Waals surface area contributed by atoms with Crippen molar-refractivity contribution in [2.24, 2.45) is 0 Å². The van der Waals surface area contributed by atoms with Crippen LogP contribution in [0.5, 0.6) is 0 Å². The van der Waals surface area contributed by atoms with Crippen LogP contribution in [0.2, 0.25) is 0 Å². The van der Waals surface area contributed by atoms with Gasteiger partial charge in [-0.25, -0.2) is 8.42 Å². The van der Waals surface area contributed by atoms with Crippen LogP contribution in [-0.4, -0.2) is 31.2 Å². The summed E-state index contributed by atoms with van der Waals surface area (Å²) in [6.45, 7) is 0.749. The van der Waals surface area contributed by atoms with Gasteiger partial charge in [-0.15, -0.1) is 0 Å². The van der Waals surface area contributed by atoms with E-state index in [1.165, 1.54) is 22.7 Å². The van der Waals surface area contributed by atoms with Crippen LogP contribution in [0.3, 0.4) is 0 Å². The number of hydrogen-bond donors (Lipinski definition) is 1. The van der Waals surface area contributed by atoms with Gasteiger partial charge in [-0.2, -0.15) is 4.31 Å². The summed E-state index contributed by atoms with van der Waals surface area (Å²) in [7, 11) is -3.78. The normalized spacial score (nSPS) is 19.6. The van der Waals surface area contributed by atoms with E-state index in [2.05, 4.69) is 11.4 Å². The van der Waals surface area contributed by atoms with Crippen LogP contribution in [0.1, 0.15) is 43.2 Å². The standard InChI is InChI=1S/C24H28N2O3S/c27-24(25-16-15-19-9-3-1-4-10-19)23-17-20-11-7-8-12-21(20)18-26(23)30(28,29)22-13-5-2-6-14-22/h2,5-9,11-14,23H,1,3-4,10,15-18H2,(H,25,27). The Morgan fingerprint density at radius 3 is 2.47 bits per heavy atom. The Hall–Kier alpha value is -2.44. The molecule has 0 radical (unpaired) electrons. The van der Waals surface area contributed by atoms with Crippen molar-refractivity contribution in [3.8, 4) is 0 Å². The van der Waals surface area contributed by atoms with Crippen LogP contribution >= 0.6 is 0 Å². The number of amides is 1. The molecule has 0 spiro atoms. The third kappa shape index (κ3) is 4.50. The van der Waals surface area contributed by atoms with Gasteiger partial charge >= 0.3 is 0 Å². The van der Waals surface area contributed by atoms with E-state index in [1.807, 2.05) is 24.3 Å². The average Bonchev–Trinajstić information content (AvgIpc) is 2.79. The zero-order valence-corrected chi connectivity index (χ0v) is 17.9. The highest BCUT2D eigenvalue weighted by Gasteiger charge is 2.39. The number of fused-ring (bicyclic) bond motifs is 1. The molecule has 0 aromatic heterocycles. The molecule has 2 aliphatic rings. The lowest BCUT2D eigenvalue weighted by molar-refractivity contribution is -0.125. The Labute approximate surface area is 178 Å². The first-order valence-electron chi connectivity index (χ1n) is 10.6. The van der Waals surface area contributed by atoms with Gasteiger partial charge < -0.3 is 5.32 Å². The highest BCUT2D eigenvalue weighted by atomic mass is 32.2. The zero-order chi connectivity index (χ0) is 21.0. The summed E-state index contributed by atoms with van der Waals surface area (Å²) in [5.74, 6) is -0.222. The lowest BCUT2D eigenvalue weighted by Gasteiger charge is -2.35. The minimum absolute atomic E-state index is 0.205. The van der Waals surface area contributed by atoms with Crippen molar-refractivity contribution in [1.82, 2.24) is 9.62 Å². The highest BCUT2D eigenvalue weighted by Crippen LogP contribution is 2.29. The maximum Gasteiger partial charge on any atom is 0.244 e. The summed E-state index contributed by atoms with van der Waals surface area (Å²) in [4.78, 5) is 13.3. The smallest absolute Gasteiger partial charge is 0.244 e. The summed E-state index contributed by atoms with van der Waals surface area (Å²) < 4.78 is 28.1. The molecule has 1 unspecified atom stereocenters. The molecule has 2 aromatic carbocycles. The Morgan fingerprint density at radius 2 is 1.73 bits per heavy atom. The fourth-order valence-electron chi connectivity index (χ4n) is 4.30. The molecule has 0 bridgehead atoms. The van der Waals surface area contributed by atoms with Gasteiger partial charge in [0, 0.05) is 13.1 Å². The molecule has 0 saturated heterocycles. The third-order valence-corrected chi connectivity index (χ3v) is 7.86. The van der Waals surface area contributed by atoms with Crippen molar-refractivity contribution in [3.05, 3.63) is 77.4 Å². The molecule has 1 amide bonds. The van der Waals surface area contributed by atoms with Gasteiger partial charge in [-0.05, 0) is 61.8 Å². The second kappa shape index (κ2) is 9.14. The molecule has 1 aliphatic heterocycles. The number of rotatable bonds is 6. The van der Waals surface area contributed by atoms with Gasteiger partial charge in [0.1, 0.15) is 6.04 Å². The van der Waals surface area contributed by atoms with Crippen molar-refractivity contribution >= 4 is 15.9 Å². The molecular weight excluding hydrogens is 396 g/mol. The lowest BCUT2D eigenvalue weighted by Crippen LogP contribution is -2.52. The number of nitrogens with one attached hydrogen (secondary N) is 1. The number of nitrogens with zero attached hydrogens (tertiary/aromatic N) is 1. The molecule has 2 aromatic rings. The van der Waals surface area contributed by atoms with E-state index in [4.69, 9.17) is 0 Å². The van der Waals surface area contributed by atoms with E-state index in [0.29, 0.717) is 13.0 Å². The fourth-order valence-corrected chi connectivity index (χ4v) is 5.88. The first-order valence-corrected chi connectivity index (χ1v) is 12.1. The summed E-state index contributed by atoms with van der Waals surface area (Å²) in [6, 6.07) is 15.4. The van der Waals surface area contributed by atoms with Crippen LogP contribution in [0.25, 0.3) is 0 Å². The maximum atomic E-state index is 13.4. The minimum atomic E-state index is -3.78. The van der Waals surface area contributed by atoms with E-state index in [0.717, 1.165) is 30.4 Å². The quantitative estimate of drug-likeness (QED) is 0.717. The van der Waals surface area contributed by atoms with E-state index in [-0.39, 0.29) is 17.3 Å². The highest BCUT2D eigenvalue weighted by molar-refractivity contribution is 7.89. The lowest BCUT2D eigenvalue weighted by atomic mass is 9.95. The van der Waals surface area contributed by atoms with Gasteiger partial charge in [0.15, 0.2) is 0 Å². The van der Waals surface area contributed by atoms with E-state index in [1.54, 1.807) is 30.3 Å². The number of benzene rings is 2. The molecule has 158 valence electrons. The fraction of sp³-hybridized carbons (Fsp3) is 0.375. The Kier molecular flexibility index (Phi) is 6.35. The first kappa shape index (κ1) is 20.8. The average molecular weight is 425 g/mol. The molecule has 5 nitrogen and oxygen atoms in total. The molecule has 6 heteroatoms. The van der Waals surface area contributed by atoms with Gasteiger partial charge in [0.2, 0.25) is 15.9 Å². The van der Waals surface area contributed by atoms with Gasteiger partial charge in [0.05, 0.1) is 4.90 Å². The van der Waals surface area contributed by atoms with Crippen molar-refractivity contribution in [3.63, 3.8) is 0 Å². The van der Waals surface area contributed by atoms with Gasteiger partial charge in [-0.1, -0.05) is 54.1 Å². The van der Waals surface area contributed by atoms with Crippen molar-refractivity contribution < 1.29 is 13.2 Å². The second-order valence-corrected chi connectivity index (χ2v) is 9.89. The monoisotopic (exact) mass is 424 g/mol. The van der Waals surface area contributed by atoms with Crippen LogP contribution < -0.4 is 5.32 Å². The van der Waals surface area contributed by atoms with Crippen molar-refractivity contribution in [2.45, 2.75) is 56.0 Å². The van der Waals surface area contributed by atoms with Gasteiger partial charge in [0.25, 0.3) is 0 Å². The zero-order valence-electron chi connectivity index (χ0n) is 17.1. The largest absolute Gasteiger partial charge is 0.354 e. The van der Waals surface area contributed by atoms with Crippen LogP contribution in [0.15, 0.2) is 71.1 Å². The number of allylic oxidation sites excluding steroid dienone is 1. The number of carbonyl (C=O) groups excluding carboxylic acids is 1. The molecule has 4 rings (SSSR count). The molecule has 1 aliphatic carbocycles. The first-order chi connectivity index (χ1) is 14.6. The van der Waals surface area contributed by atoms with E-state index < -0.39 is 16.1 Å². The summed E-state index contributed by atoms with van der Waals surface area (Å²) in [5, 5.41) is 3.00. The van der Waals surface area contributed by atoms with Crippen molar-refractivity contribution in [1.29, 1.82) is 0 Å². The molecule has 1 atom stereocenters.